The Balaban J connectivity index is 1.09. The van der Waals surface area contributed by atoms with E-state index >= 15 is 0 Å². The molecule has 0 amide bonds. The average Bonchev–Trinajstić information content (AvgIpc) is 4.02. The molecule has 12 aromatic rings. The zero-order chi connectivity index (χ0) is 48.6. The number of fused-ring (bicyclic) bond motifs is 13. The molecule has 4 nitrogen and oxygen atoms in total. The first kappa shape index (κ1) is 43.0. The summed E-state index contributed by atoms with van der Waals surface area (Å²) in [6.45, 7) is 18.5. The first-order chi connectivity index (χ1) is 34.3. The Morgan fingerprint density at radius 2 is 0.761 bits per heavy atom. The first-order valence-corrected chi connectivity index (χ1v) is 25.0. The number of furan rings is 2. The summed E-state index contributed by atoms with van der Waals surface area (Å²) < 4.78 is 13.7. The molecule has 13 rings (SSSR count). The zero-order valence-corrected chi connectivity index (χ0v) is 41.7. The molecule has 4 heteroatoms. The van der Waals surface area contributed by atoms with Crippen LogP contribution in [0.5, 0.6) is 0 Å². The number of para-hydroxylation sites is 4. The van der Waals surface area contributed by atoms with Crippen molar-refractivity contribution in [1.82, 2.24) is 0 Å². The lowest BCUT2D eigenvalue weighted by Gasteiger charge is -2.31. The molecule has 1 aliphatic rings. The van der Waals surface area contributed by atoms with Crippen LogP contribution in [0.15, 0.2) is 203 Å². The molecular formula is C67H56N2O2. The molecule has 0 atom stereocenters. The SMILES string of the molecule is CC(C)(C)c1ccc(N(c2cc3c(c4ccccc24)-c2cc(N(c4ccc(C(C)(C)C)cc4)c4cccc5c4oc4ccccc45)c4ccccc4c2C3(C)C)c2cccc3c2oc2ccccc23)cc1. The minimum absolute atomic E-state index is 0.00160. The van der Waals surface area contributed by atoms with Gasteiger partial charge in [-0.05, 0) is 116 Å². The van der Waals surface area contributed by atoms with Gasteiger partial charge in [0.2, 0.25) is 0 Å². The van der Waals surface area contributed by atoms with Crippen molar-refractivity contribution >= 4 is 99.5 Å². The van der Waals surface area contributed by atoms with Gasteiger partial charge in [0.05, 0.1) is 22.7 Å². The quantitative estimate of drug-likeness (QED) is 0.166. The molecule has 0 saturated carbocycles. The van der Waals surface area contributed by atoms with Gasteiger partial charge in [-0.3, -0.25) is 0 Å². The van der Waals surface area contributed by atoms with Gasteiger partial charge in [-0.15, -0.1) is 0 Å². The molecule has 0 unspecified atom stereocenters. The van der Waals surface area contributed by atoms with Gasteiger partial charge in [0.25, 0.3) is 0 Å². The normalized spacial score (nSPS) is 13.5. The van der Waals surface area contributed by atoms with Crippen molar-refractivity contribution in [2.75, 3.05) is 9.80 Å². The Bertz CT molecular complexity index is 4100. The van der Waals surface area contributed by atoms with Gasteiger partial charge in [0.15, 0.2) is 11.2 Å². The Kier molecular flexibility index (Phi) is 9.36. The topological polar surface area (TPSA) is 32.8 Å². The zero-order valence-electron chi connectivity index (χ0n) is 41.7. The monoisotopic (exact) mass is 920 g/mol. The highest BCUT2D eigenvalue weighted by atomic mass is 16.3. The number of hydrogen-bond donors (Lipinski definition) is 0. The van der Waals surface area contributed by atoms with Crippen molar-refractivity contribution < 1.29 is 8.83 Å². The van der Waals surface area contributed by atoms with Gasteiger partial charge < -0.3 is 18.6 Å². The van der Waals surface area contributed by atoms with Gasteiger partial charge in [0, 0.05) is 49.1 Å². The molecule has 0 bridgehead atoms. The van der Waals surface area contributed by atoms with E-state index in [1.54, 1.807) is 0 Å². The van der Waals surface area contributed by atoms with Crippen LogP contribution in [0.4, 0.5) is 34.1 Å². The van der Waals surface area contributed by atoms with Crippen LogP contribution in [0.1, 0.15) is 77.6 Å². The Labute approximate surface area is 415 Å². The summed E-state index contributed by atoms with van der Waals surface area (Å²) in [5, 5.41) is 9.22. The minimum atomic E-state index is -0.382. The maximum absolute atomic E-state index is 6.86. The average molecular weight is 921 g/mol. The van der Waals surface area contributed by atoms with Gasteiger partial charge in [-0.2, -0.15) is 0 Å². The van der Waals surface area contributed by atoms with Crippen LogP contribution in [0.3, 0.4) is 0 Å². The fourth-order valence-electron chi connectivity index (χ4n) is 11.7. The number of rotatable bonds is 6. The standard InChI is InChI=1S/C67H56N2O2/c1-65(2,3)41-31-35-43(36-32-41)68(55-27-17-25-51-47-21-13-15-29-59(47)70-63(51)55)57-39-53-61-49-23-11-9-19-45(49)58(40-54(61)67(7,8)62(53)50-24-12-10-20-46(50)57)69(44-37-33-42(34-38-44)66(4,5)6)56-28-18-26-52-48-22-14-16-30-60(48)71-64(52)56/h9-40H,1-8H3. The van der Waals surface area contributed by atoms with Crippen molar-refractivity contribution in [3.8, 4) is 11.1 Å². The van der Waals surface area contributed by atoms with Crippen LogP contribution >= 0.6 is 0 Å². The third kappa shape index (κ3) is 6.57. The van der Waals surface area contributed by atoms with Gasteiger partial charge in [0.1, 0.15) is 11.2 Å². The smallest absolute Gasteiger partial charge is 0.159 e. The van der Waals surface area contributed by atoms with E-state index in [1.165, 1.54) is 54.9 Å². The van der Waals surface area contributed by atoms with Crippen LogP contribution in [0, 0.1) is 0 Å². The van der Waals surface area contributed by atoms with Gasteiger partial charge >= 0.3 is 0 Å². The van der Waals surface area contributed by atoms with E-state index in [-0.39, 0.29) is 16.2 Å². The third-order valence-electron chi connectivity index (χ3n) is 15.3. The second kappa shape index (κ2) is 15.5. The largest absolute Gasteiger partial charge is 0.454 e. The molecule has 0 fully saturated rings. The molecular weight excluding hydrogens is 865 g/mol. The van der Waals surface area contributed by atoms with E-state index in [4.69, 9.17) is 8.83 Å². The van der Waals surface area contributed by atoms with Crippen LogP contribution in [-0.4, -0.2) is 0 Å². The van der Waals surface area contributed by atoms with E-state index in [0.29, 0.717) is 0 Å². The summed E-state index contributed by atoms with van der Waals surface area (Å²) in [4.78, 5) is 4.89. The second-order valence-electron chi connectivity index (χ2n) is 22.1. The van der Waals surface area contributed by atoms with Crippen molar-refractivity contribution in [2.24, 2.45) is 0 Å². The van der Waals surface area contributed by atoms with E-state index in [2.05, 4.69) is 259 Å². The van der Waals surface area contributed by atoms with Gasteiger partial charge in [-0.1, -0.05) is 189 Å². The minimum Gasteiger partial charge on any atom is -0.454 e. The van der Waals surface area contributed by atoms with Crippen LogP contribution < -0.4 is 9.80 Å². The van der Waals surface area contributed by atoms with Crippen molar-refractivity contribution in [1.29, 1.82) is 0 Å². The predicted molar refractivity (Wildman–Crippen MR) is 300 cm³/mol. The highest BCUT2D eigenvalue weighted by Crippen LogP contribution is 2.59. The third-order valence-corrected chi connectivity index (χ3v) is 15.3. The maximum atomic E-state index is 6.86. The van der Waals surface area contributed by atoms with E-state index < -0.39 is 0 Å². The van der Waals surface area contributed by atoms with Crippen molar-refractivity contribution in [3.05, 3.63) is 216 Å². The Morgan fingerprint density at radius 3 is 1.24 bits per heavy atom. The van der Waals surface area contributed by atoms with Crippen LogP contribution in [0.2, 0.25) is 0 Å². The van der Waals surface area contributed by atoms with E-state index in [1.807, 2.05) is 0 Å². The lowest BCUT2D eigenvalue weighted by atomic mass is 9.79. The first-order valence-electron chi connectivity index (χ1n) is 25.0. The molecule has 0 spiro atoms. The van der Waals surface area contributed by atoms with Crippen molar-refractivity contribution in [3.63, 3.8) is 0 Å². The summed E-state index contributed by atoms with van der Waals surface area (Å²) in [5.74, 6) is 0. The Hall–Kier alpha value is -8.08. The molecule has 0 radical (unpaired) electrons. The molecule has 0 saturated heterocycles. The van der Waals surface area contributed by atoms with Crippen LogP contribution in [0.25, 0.3) is 76.5 Å². The number of nitrogens with zero attached hydrogens (tertiary/aromatic N) is 2. The van der Waals surface area contributed by atoms with E-state index in [0.717, 1.165) is 78.0 Å². The lowest BCUT2D eigenvalue weighted by molar-refractivity contribution is 0.590. The molecule has 346 valence electrons. The number of hydrogen-bond acceptors (Lipinski definition) is 4. The summed E-state index contributed by atoms with van der Waals surface area (Å²) in [6.07, 6.45) is 0. The van der Waals surface area contributed by atoms with E-state index in [9.17, 15) is 0 Å². The summed E-state index contributed by atoms with van der Waals surface area (Å²) >= 11 is 0. The highest BCUT2D eigenvalue weighted by molar-refractivity contribution is 6.18. The fourth-order valence-corrected chi connectivity index (χ4v) is 11.7. The number of benzene rings is 10. The maximum Gasteiger partial charge on any atom is 0.159 e. The molecule has 2 heterocycles. The van der Waals surface area contributed by atoms with Crippen molar-refractivity contribution in [2.45, 2.75) is 71.6 Å². The molecule has 0 aliphatic heterocycles. The summed E-state index contributed by atoms with van der Waals surface area (Å²) in [7, 11) is 0. The Morgan fingerprint density at radius 1 is 0.366 bits per heavy atom. The highest BCUT2D eigenvalue weighted by Gasteiger charge is 2.41. The summed E-state index contributed by atoms with van der Waals surface area (Å²) in [6, 6.07) is 71.3. The lowest BCUT2D eigenvalue weighted by Crippen LogP contribution is -2.18. The summed E-state index contributed by atoms with van der Waals surface area (Å²) in [5.41, 5.74) is 17.2. The van der Waals surface area contributed by atoms with Gasteiger partial charge in [-0.25, -0.2) is 0 Å². The molecule has 2 aromatic heterocycles. The molecule has 71 heavy (non-hydrogen) atoms. The molecule has 1 aliphatic carbocycles. The predicted octanol–water partition coefficient (Wildman–Crippen LogP) is 19.6. The number of anilines is 6. The van der Waals surface area contributed by atoms with Crippen LogP contribution in [-0.2, 0) is 16.2 Å². The fraction of sp³-hybridized carbons (Fsp3) is 0.164. The molecule has 0 N–H and O–H groups in total. The molecule has 10 aromatic carbocycles. The second-order valence-corrected chi connectivity index (χ2v) is 22.1.